The summed E-state index contributed by atoms with van der Waals surface area (Å²) in [7, 11) is 0. The van der Waals surface area contributed by atoms with E-state index in [1.165, 1.54) is 6.41 Å². The molecule has 0 fully saturated rings. The Bertz CT molecular complexity index is 23.6. The second-order valence-corrected chi connectivity index (χ2v) is 0.246. The van der Waals surface area contributed by atoms with Crippen LogP contribution in [0, 0.1) is 0 Å². The molecule has 3 N–H and O–H groups in total. The van der Waals surface area contributed by atoms with Gasteiger partial charge in [0.15, 0.2) is 0 Å². The monoisotopic (exact) mass is 110 g/mol. The van der Waals surface area contributed by atoms with Crippen LogP contribution in [0.2, 0.25) is 0 Å². The summed E-state index contributed by atoms with van der Waals surface area (Å²) in [6, 6.07) is 0. The number of hydrogen-bond donors (Lipinski definition) is 2. The van der Waals surface area contributed by atoms with Crippen LogP contribution in [0.4, 0.5) is 0 Å². The summed E-state index contributed by atoms with van der Waals surface area (Å²) in [4.78, 5) is 8.81. The molecule has 0 saturated heterocycles. The summed E-state index contributed by atoms with van der Waals surface area (Å²) >= 11 is 0. The van der Waals surface area contributed by atoms with E-state index >= 15 is 0 Å². The number of nitrogens with one attached hydrogen (secondary N) is 1. The van der Waals surface area contributed by atoms with Crippen LogP contribution in [0.1, 0.15) is 0 Å². The number of hydrogen-bond acceptors (Lipinski definition) is 2. The van der Waals surface area contributed by atoms with Gasteiger partial charge in [-0.15, -0.1) is 0 Å². The summed E-state index contributed by atoms with van der Waals surface area (Å²) in [5.74, 6) is 4.35. The van der Waals surface area contributed by atoms with Crippen molar-refractivity contribution in [3.8, 4) is 0 Å². The standard InChI is InChI=1S/CH3N2O.V/c2-3-1-4;/h2H2,(H,3,4);/q-1;+2. The number of rotatable bonds is 1. The molecular formula is CH3N2OV+. The van der Waals surface area contributed by atoms with Crippen LogP contribution in [0.15, 0.2) is 0 Å². The molecule has 1 radical (unpaired) electrons. The van der Waals surface area contributed by atoms with E-state index in [1.54, 1.807) is 5.43 Å². The molecule has 0 aliphatic heterocycles. The summed E-state index contributed by atoms with van der Waals surface area (Å²) in [5, 5.41) is 0. The predicted molar refractivity (Wildman–Crippen MR) is 13.0 cm³/mol. The summed E-state index contributed by atoms with van der Waals surface area (Å²) < 4.78 is 0. The van der Waals surface area contributed by atoms with Crippen LogP contribution in [-0.4, -0.2) is 6.41 Å². The first-order valence-electron chi connectivity index (χ1n) is 0.743. The van der Waals surface area contributed by atoms with Crippen LogP contribution in [0.3, 0.4) is 0 Å². The molecule has 0 aromatic carbocycles. The summed E-state index contributed by atoms with van der Waals surface area (Å²) in [6.07, 6.45) is 1.21. The fourth-order valence-corrected chi connectivity index (χ4v) is 0. The average Bonchev–Trinajstić information content (AvgIpc) is 1.37. The Morgan fingerprint density at radius 2 is 2.00 bits per heavy atom. The quantitative estimate of drug-likeness (QED) is 0.142. The maximum absolute atomic E-state index is 8.81. The molecule has 0 unspecified atom stereocenters. The van der Waals surface area contributed by atoms with Gasteiger partial charge in [0.05, 0.1) is 0 Å². The topological polar surface area (TPSA) is 55.1 Å². The third kappa shape index (κ3) is 15.8. The maximum Gasteiger partial charge on any atom is 2.00 e. The van der Waals surface area contributed by atoms with Crippen LogP contribution in [0.5, 0.6) is 0 Å². The first-order valence-corrected chi connectivity index (χ1v) is 0.743. The van der Waals surface area contributed by atoms with Gasteiger partial charge in [-0.2, -0.15) is 6.41 Å². The van der Waals surface area contributed by atoms with E-state index in [0.717, 1.165) is 0 Å². The van der Waals surface area contributed by atoms with E-state index in [4.69, 9.17) is 4.79 Å². The number of nitrogens with two attached hydrogens (primary N) is 1. The molecule has 3 nitrogen and oxygen atoms in total. The van der Waals surface area contributed by atoms with E-state index in [-0.39, 0.29) is 18.6 Å². The number of carbonyl (C=O) groups excluding carboxylic acids is 1. The minimum atomic E-state index is 0. The average molecular weight is 110 g/mol. The van der Waals surface area contributed by atoms with Crippen molar-refractivity contribution in [1.82, 2.24) is 5.43 Å². The minimum absolute atomic E-state index is 0. The van der Waals surface area contributed by atoms with E-state index in [2.05, 4.69) is 5.84 Å². The van der Waals surface area contributed by atoms with Crippen molar-refractivity contribution in [1.29, 1.82) is 0 Å². The zero-order valence-corrected chi connectivity index (χ0v) is 3.83. The van der Waals surface area contributed by atoms with E-state index in [1.807, 2.05) is 0 Å². The molecular weight excluding hydrogens is 107 g/mol. The largest absolute Gasteiger partial charge is 2.00 e. The summed E-state index contributed by atoms with van der Waals surface area (Å²) in [6.45, 7) is 0. The predicted octanol–water partition coefficient (Wildman–Crippen LogP) is -1.49. The van der Waals surface area contributed by atoms with Gasteiger partial charge >= 0.3 is 18.6 Å². The first-order chi connectivity index (χ1) is 1.91. The molecule has 0 aromatic rings. The van der Waals surface area contributed by atoms with Gasteiger partial charge < -0.3 is 10.2 Å². The van der Waals surface area contributed by atoms with Gasteiger partial charge in [0.1, 0.15) is 0 Å². The van der Waals surface area contributed by atoms with Gasteiger partial charge in [-0.05, 0) is 0 Å². The molecule has 0 atom stereocenters. The molecule has 0 aromatic heterocycles. The van der Waals surface area contributed by atoms with Crippen LogP contribution >= 0.6 is 0 Å². The van der Waals surface area contributed by atoms with Gasteiger partial charge in [-0.25, -0.2) is 0 Å². The van der Waals surface area contributed by atoms with Crippen molar-refractivity contribution in [3.05, 3.63) is 0 Å². The molecule has 0 bridgehead atoms. The Morgan fingerprint density at radius 3 is 2.00 bits per heavy atom. The fourth-order valence-electron chi connectivity index (χ4n) is 0. The zero-order chi connectivity index (χ0) is 3.41. The molecule has 0 rings (SSSR count). The Balaban J connectivity index is 0. The van der Waals surface area contributed by atoms with Gasteiger partial charge in [0.25, 0.3) is 0 Å². The molecule has 4 heteroatoms. The molecule has 0 saturated carbocycles. The van der Waals surface area contributed by atoms with Gasteiger partial charge in [-0.3, -0.25) is 5.84 Å². The summed E-state index contributed by atoms with van der Waals surface area (Å²) in [5.41, 5.74) is 1.62. The third-order valence-electron chi connectivity index (χ3n) is 0.0589. The van der Waals surface area contributed by atoms with Crippen molar-refractivity contribution < 1.29 is 23.4 Å². The third-order valence-corrected chi connectivity index (χ3v) is 0.0589. The van der Waals surface area contributed by atoms with Crippen molar-refractivity contribution in [2.45, 2.75) is 0 Å². The second-order valence-electron chi connectivity index (χ2n) is 0.246. The molecule has 27 valence electrons. The number of amides is 1. The van der Waals surface area contributed by atoms with Crippen LogP contribution in [-0.2, 0) is 23.4 Å². The van der Waals surface area contributed by atoms with E-state index < -0.39 is 0 Å². The first kappa shape index (κ1) is 8.89. The van der Waals surface area contributed by atoms with Gasteiger partial charge in [0, 0.05) is 0 Å². The van der Waals surface area contributed by atoms with Crippen LogP contribution < -0.4 is 11.3 Å². The second kappa shape index (κ2) is 8.99. The molecule has 1 amide bonds. The Labute approximate surface area is 41.8 Å². The van der Waals surface area contributed by atoms with Crippen LogP contribution in [0.25, 0.3) is 0 Å². The molecule has 0 aliphatic rings. The normalized spacial score (nSPS) is 4.20. The Hall–Kier alpha value is 0.0144. The molecule has 0 spiro atoms. The van der Waals surface area contributed by atoms with Gasteiger partial charge in [0.2, 0.25) is 0 Å². The van der Waals surface area contributed by atoms with Crippen molar-refractivity contribution in [3.63, 3.8) is 0 Å². The van der Waals surface area contributed by atoms with Crippen molar-refractivity contribution in [2.75, 3.05) is 0 Å². The Kier molecular flexibility index (Phi) is 16.0. The van der Waals surface area contributed by atoms with Gasteiger partial charge in [-0.1, -0.05) is 0 Å². The smallest absolute Gasteiger partial charge is 0.519 e. The maximum atomic E-state index is 8.81. The SMILES string of the molecule is NN[C-]=O.[V+2]. The minimum Gasteiger partial charge on any atom is -0.519 e. The van der Waals surface area contributed by atoms with Crippen molar-refractivity contribution >= 4 is 6.41 Å². The molecule has 0 heterocycles. The Morgan fingerprint density at radius 1 is 1.80 bits per heavy atom. The zero-order valence-electron chi connectivity index (χ0n) is 2.43. The molecule has 0 aliphatic carbocycles. The van der Waals surface area contributed by atoms with Crippen molar-refractivity contribution in [2.24, 2.45) is 5.84 Å². The fraction of sp³-hybridized carbons (Fsp3) is 0. The van der Waals surface area contributed by atoms with E-state index in [0.29, 0.717) is 0 Å². The molecule has 5 heavy (non-hydrogen) atoms. The number of hydrazine groups is 1. The van der Waals surface area contributed by atoms with E-state index in [9.17, 15) is 0 Å².